The van der Waals surface area contributed by atoms with E-state index < -0.39 is 0 Å². The van der Waals surface area contributed by atoms with Crippen LogP contribution < -0.4 is 20.1 Å². The van der Waals surface area contributed by atoms with Crippen molar-refractivity contribution in [3.8, 4) is 11.5 Å². The standard InChI is InChI=1S/C19H19ClN2O4/c1-12(23)21-15-7-6-14(20)11-16(15)22-19(24)9-5-13-4-8-17(25-2)18(10-13)26-3/h4-11H,1-3H3,(H,21,23)(H,22,24). The molecule has 0 aliphatic heterocycles. The quantitative estimate of drug-likeness (QED) is 0.750. The normalized spacial score (nSPS) is 10.5. The molecule has 7 heteroatoms. The summed E-state index contributed by atoms with van der Waals surface area (Å²) in [6, 6.07) is 10.1. The summed E-state index contributed by atoms with van der Waals surface area (Å²) in [6.45, 7) is 1.39. The lowest BCUT2D eigenvalue weighted by Gasteiger charge is -2.11. The van der Waals surface area contributed by atoms with Gasteiger partial charge in [0.25, 0.3) is 0 Å². The van der Waals surface area contributed by atoms with Crippen LogP contribution in [-0.4, -0.2) is 26.0 Å². The van der Waals surface area contributed by atoms with E-state index in [0.29, 0.717) is 27.9 Å². The number of rotatable bonds is 6. The first-order valence-corrected chi connectivity index (χ1v) is 8.09. The molecule has 136 valence electrons. The van der Waals surface area contributed by atoms with Crippen molar-refractivity contribution >= 4 is 40.9 Å². The van der Waals surface area contributed by atoms with Gasteiger partial charge in [0.05, 0.1) is 25.6 Å². The Balaban J connectivity index is 2.15. The van der Waals surface area contributed by atoms with Gasteiger partial charge in [-0.15, -0.1) is 0 Å². The molecule has 26 heavy (non-hydrogen) atoms. The van der Waals surface area contributed by atoms with Crippen molar-refractivity contribution in [2.45, 2.75) is 6.92 Å². The number of ether oxygens (including phenoxy) is 2. The van der Waals surface area contributed by atoms with Gasteiger partial charge in [0.1, 0.15) is 0 Å². The van der Waals surface area contributed by atoms with Gasteiger partial charge < -0.3 is 20.1 Å². The third-order valence-corrected chi connectivity index (χ3v) is 3.62. The molecule has 0 heterocycles. The Morgan fingerprint density at radius 1 is 0.962 bits per heavy atom. The number of hydrogen-bond acceptors (Lipinski definition) is 4. The van der Waals surface area contributed by atoms with E-state index in [1.807, 2.05) is 0 Å². The summed E-state index contributed by atoms with van der Waals surface area (Å²) in [5.74, 6) is 0.558. The Kier molecular flexibility index (Phi) is 6.63. The van der Waals surface area contributed by atoms with Crippen LogP contribution in [-0.2, 0) is 9.59 Å². The van der Waals surface area contributed by atoms with Gasteiger partial charge >= 0.3 is 0 Å². The summed E-state index contributed by atoms with van der Waals surface area (Å²) in [7, 11) is 3.10. The van der Waals surface area contributed by atoms with Gasteiger partial charge in [-0.05, 0) is 42.0 Å². The topological polar surface area (TPSA) is 76.7 Å². The number of carbonyl (C=O) groups is 2. The molecule has 0 saturated heterocycles. The van der Waals surface area contributed by atoms with E-state index in [4.69, 9.17) is 21.1 Å². The maximum Gasteiger partial charge on any atom is 0.248 e. The molecule has 2 amide bonds. The van der Waals surface area contributed by atoms with Crippen molar-refractivity contribution in [3.63, 3.8) is 0 Å². The van der Waals surface area contributed by atoms with Crippen LogP contribution in [0.5, 0.6) is 11.5 Å². The van der Waals surface area contributed by atoms with Crippen molar-refractivity contribution in [1.29, 1.82) is 0 Å². The molecule has 0 bridgehead atoms. The summed E-state index contributed by atoms with van der Waals surface area (Å²) < 4.78 is 10.4. The second-order valence-corrected chi connectivity index (χ2v) is 5.74. The summed E-state index contributed by atoms with van der Waals surface area (Å²) in [6.07, 6.45) is 3.01. The fraction of sp³-hybridized carbons (Fsp3) is 0.158. The van der Waals surface area contributed by atoms with Gasteiger partial charge in [0.15, 0.2) is 11.5 Å². The number of anilines is 2. The first-order chi connectivity index (χ1) is 12.4. The van der Waals surface area contributed by atoms with Crippen molar-refractivity contribution in [1.82, 2.24) is 0 Å². The Bertz CT molecular complexity index is 849. The molecule has 0 atom stereocenters. The molecule has 0 aliphatic carbocycles. The molecule has 0 radical (unpaired) electrons. The smallest absolute Gasteiger partial charge is 0.248 e. The number of amides is 2. The maximum absolute atomic E-state index is 12.2. The van der Waals surface area contributed by atoms with Gasteiger partial charge in [-0.3, -0.25) is 9.59 Å². The summed E-state index contributed by atoms with van der Waals surface area (Å²) in [5.41, 5.74) is 1.65. The van der Waals surface area contributed by atoms with E-state index in [2.05, 4.69) is 10.6 Å². The number of nitrogens with one attached hydrogen (secondary N) is 2. The van der Waals surface area contributed by atoms with Gasteiger partial charge in [0.2, 0.25) is 11.8 Å². The molecule has 2 rings (SSSR count). The molecule has 2 aromatic rings. The van der Waals surface area contributed by atoms with Crippen LogP contribution in [0.1, 0.15) is 12.5 Å². The minimum absolute atomic E-state index is 0.247. The van der Waals surface area contributed by atoms with Crippen molar-refractivity contribution in [3.05, 3.63) is 53.1 Å². The molecule has 2 aromatic carbocycles. The molecule has 0 aliphatic rings. The Hall–Kier alpha value is -2.99. The van der Waals surface area contributed by atoms with Crippen LogP contribution in [0.15, 0.2) is 42.5 Å². The second kappa shape index (κ2) is 8.92. The highest BCUT2D eigenvalue weighted by molar-refractivity contribution is 6.31. The van der Waals surface area contributed by atoms with E-state index in [9.17, 15) is 9.59 Å². The van der Waals surface area contributed by atoms with E-state index in [0.717, 1.165) is 5.56 Å². The predicted molar refractivity (Wildman–Crippen MR) is 103 cm³/mol. The van der Waals surface area contributed by atoms with Crippen LogP contribution >= 0.6 is 11.6 Å². The highest BCUT2D eigenvalue weighted by Gasteiger charge is 2.08. The molecule has 0 saturated carbocycles. The molecular weight excluding hydrogens is 356 g/mol. The zero-order valence-electron chi connectivity index (χ0n) is 14.6. The van der Waals surface area contributed by atoms with Crippen LogP contribution in [0, 0.1) is 0 Å². The molecule has 0 fully saturated rings. The third kappa shape index (κ3) is 5.26. The number of carbonyl (C=O) groups excluding carboxylic acids is 2. The average Bonchev–Trinajstić information content (AvgIpc) is 2.61. The molecule has 0 aromatic heterocycles. The molecular formula is C19H19ClN2O4. The highest BCUT2D eigenvalue weighted by Crippen LogP contribution is 2.28. The minimum Gasteiger partial charge on any atom is -0.493 e. The molecule has 0 spiro atoms. The summed E-state index contributed by atoms with van der Waals surface area (Å²) in [5, 5.41) is 5.78. The van der Waals surface area contributed by atoms with Crippen molar-refractivity contribution < 1.29 is 19.1 Å². The van der Waals surface area contributed by atoms with Gasteiger partial charge in [-0.25, -0.2) is 0 Å². The van der Waals surface area contributed by atoms with Crippen LogP contribution in [0.4, 0.5) is 11.4 Å². The number of benzene rings is 2. The average molecular weight is 375 g/mol. The maximum atomic E-state index is 12.2. The zero-order valence-corrected chi connectivity index (χ0v) is 15.4. The number of halogens is 1. The first kappa shape index (κ1) is 19.3. The lowest BCUT2D eigenvalue weighted by molar-refractivity contribution is -0.114. The van der Waals surface area contributed by atoms with Crippen molar-refractivity contribution in [2.24, 2.45) is 0 Å². The van der Waals surface area contributed by atoms with Gasteiger partial charge in [-0.2, -0.15) is 0 Å². The first-order valence-electron chi connectivity index (χ1n) is 7.71. The van der Waals surface area contributed by atoms with Crippen LogP contribution in [0.25, 0.3) is 6.08 Å². The van der Waals surface area contributed by atoms with Gasteiger partial charge in [-0.1, -0.05) is 17.7 Å². The Morgan fingerprint density at radius 2 is 1.69 bits per heavy atom. The van der Waals surface area contributed by atoms with Crippen molar-refractivity contribution in [2.75, 3.05) is 24.9 Å². The molecule has 2 N–H and O–H groups in total. The van der Waals surface area contributed by atoms with Crippen LogP contribution in [0.2, 0.25) is 5.02 Å². The minimum atomic E-state index is -0.367. The molecule has 0 unspecified atom stereocenters. The zero-order chi connectivity index (χ0) is 19.1. The van der Waals surface area contributed by atoms with E-state index in [-0.39, 0.29) is 11.8 Å². The fourth-order valence-electron chi connectivity index (χ4n) is 2.22. The third-order valence-electron chi connectivity index (χ3n) is 3.38. The number of hydrogen-bond donors (Lipinski definition) is 2. The Labute approximate surface area is 156 Å². The fourth-order valence-corrected chi connectivity index (χ4v) is 2.39. The summed E-state index contributed by atoms with van der Waals surface area (Å²) in [4.78, 5) is 23.5. The predicted octanol–water partition coefficient (Wildman–Crippen LogP) is 3.97. The Morgan fingerprint density at radius 3 is 2.35 bits per heavy atom. The molecule has 6 nitrogen and oxygen atoms in total. The summed E-state index contributed by atoms with van der Waals surface area (Å²) >= 11 is 5.96. The van der Waals surface area contributed by atoms with E-state index >= 15 is 0 Å². The van der Waals surface area contributed by atoms with Crippen LogP contribution in [0.3, 0.4) is 0 Å². The SMILES string of the molecule is COc1ccc(C=CC(=O)Nc2cc(Cl)ccc2NC(C)=O)cc1OC. The second-order valence-electron chi connectivity index (χ2n) is 5.31. The lowest BCUT2D eigenvalue weighted by atomic mass is 10.2. The van der Waals surface area contributed by atoms with E-state index in [1.54, 1.807) is 56.7 Å². The van der Waals surface area contributed by atoms with Gasteiger partial charge in [0, 0.05) is 18.0 Å². The largest absolute Gasteiger partial charge is 0.493 e. The highest BCUT2D eigenvalue weighted by atomic mass is 35.5. The lowest BCUT2D eigenvalue weighted by Crippen LogP contribution is -2.13. The monoisotopic (exact) mass is 374 g/mol. The number of methoxy groups -OCH3 is 2. The van der Waals surface area contributed by atoms with E-state index in [1.165, 1.54) is 13.0 Å².